The molecule has 0 radical (unpaired) electrons. The van der Waals surface area contributed by atoms with Crippen LogP contribution in [0.4, 0.5) is 0 Å². The van der Waals surface area contributed by atoms with Gasteiger partial charge in [-0.1, -0.05) is 86.6 Å². The maximum Gasteiger partial charge on any atom is 0.261 e. The lowest BCUT2D eigenvalue weighted by molar-refractivity contribution is -0.127. The second kappa shape index (κ2) is 9.42. The molecule has 3 nitrogen and oxygen atoms in total. The second-order valence-electron chi connectivity index (χ2n) is 7.66. The fourth-order valence-electron chi connectivity index (χ4n) is 3.47. The van der Waals surface area contributed by atoms with Crippen LogP contribution in [-0.4, -0.2) is 12.0 Å². The molecular formula is C26H29NO2. The molecule has 150 valence electrons. The molecule has 0 aliphatic carbocycles. The van der Waals surface area contributed by atoms with Gasteiger partial charge in [0.2, 0.25) is 0 Å². The first-order valence-corrected chi connectivity index (χ1v) is 10.1. The van der Waals surface area contributed by atoms with Gasteiger partial charge in [-0.3, -0.25) is 4.79 Å². The third-order valence-electron chi connectivity index (χ3n) is 5.13. The third-order valence-corrected chi connectivity index (χ3v) is 5.13. The largest absolute Gasteiger partial charge is 0.481 e. The number of carbonyl (C=O) groups is 1. The number of amides is 1. The minimum Gasteiger partial charge on any atom is -0.481 e. The van der Waals surface area contributed by atoms with Crippen molar-refractivity contribution in [1.82, 2.24) is 5.32 Å². The molecule has 0 unspecified atom stereocenters. The molecule has 0 heterocycles. The minimum atomic E-state index is -0.606. The molecule has 3 rings (SSSR count). The Hall–Kier alpha value is -3.07. The van der Waals surface area contributed by atoms with E-state index in [1.807, 2.05) is 66.7 Å². The number of benzene rings is 3. The zero-order valence-electron chi connectivity index (χ0n) is 17.6. The summed E-state index contributed by atoms with van der Waals surface area (Å²) in [7, 11) is 0. The van der Waals surface area contributed by atoms with Crippen molar-refractivity contribution in [2.24, 2.45) is 0 Å². The Morgan fingerprint density at radius 1 is 0.793 bits per heavy atom. The molecule has 3 aromatic rings. The molecule has 3 aromatic carbocycles. The van der Waals surface area contributed by atoms with Crippen molar-refractivity contribution in [3.63, 3.8) is 0 Å². The van der Waals surface area contributed by atoms with Crippen molar-refractivity contribution in [3.05, 3.63) is 101 Å². The average molecular weight is 388 g/mol. The van der Waals surface area contributed by atoms with Crippen LogP contribution in [0.5, 0.6) is 5.75 Å². The Morgan fingerprint density at radius 3 is 2.03 bits per heavy atom. The highest BCUT2D eigenvalue weighted by Crippen LogP contribution is 2.28. The van der Waals surface area contributed by atoms with Gasteiger partial charge < -0.3 is 10.1 Å². The molecule has 1 amide bonds. The highest BCUT2D eigenvalue weighted by atomic mass is 16.5. The van der Waals surface area contributed by atoms with E-state index in [2.05, 4.69) is 38.2 Å². The van der Waals surface area contributed by atoms with Gasteiger partial charge in [-0.25, -0.2) is 0 Å². The number of hydrogen-bond donors (Lipinski definition) is 1. The Bertz CT molecular complexity index is 950. The first-order chi connectivity index (χ1) is 14.0. The van der Waals surface area contributed by atoms with Crippen LogP contribution in [0.15, 0.2) is 78.9 Å². The molecule has 0 bridgehead atoms. The quantitative estimate of drug-likeness (QED) is 0.557. The normalized spacial score (nSPS) is 13.0. The molecule has 0 saturated carbocycles. The van der Waals surface area contributed by atoms with Crippen molar-refractivity contribution in [2.45, 2.75) is 45.8 Å². The summed E-state index contributed by atoms with van der Waals surface area (Å²) in [5, 5.41) is 3.20. The summed E-state index contributed by atoms with van der Waals surface area (Å²) in [6.45, 7) is 8.11. The van der Waals surface area contributed by atoms with Crippen LogP contribution in [0.25, 0.3) is 0 Å². The van der Waals surface area contributed by atoms with Gasteiger partial charge in [0, 0.05) is 0 Å². The lowest BCUT2D eigenvalue weighted by atomic mass is 9.95. The van der Waals surface area contributed by atoms with Crippen LogP contribution in [0.2, 0.25) is 0 Å². The lowest BCUT2D eigenvalue weighted by Gasteiger charge is -2.24. The van der Waals surface area contributed by atoms with Crippen LogP contribution >= 0.6 is 0 Å². The summed E-state index contributed by atoms with van der Waals surface area (Å²) in [6, 6.07) is 25.9. The zero-order chi connectivity index (χ0) is 20.8. The van der Waals surface area contributed by atoms with Crippen molar-refractivity contribution in [1.29, 1.82) is 0 Å². The van der Waals surface area contributed by atoms with Gasteiger partial charge in [0.25, 0.3) is 5.91 Å². The maximum atomic E-state index is 13.1. The van der Waals surface area contributed by atoms with E-state index in [9.17, 15) is 4.79 Å². The van der Waals surface area contributed by atoms with Crippen LogP contribution in [0, 0.1) is 6.92 Å². The number of ether oxygens (including phenoxy) is 1. The molecular weight excluding hydrogens is 358 g/mol. The molecule has 3 heteroatoms. The highest BCUT2D eigenvalue weighted by Gasteiger charge is 2.23. The number of rotatable bonds is 7. The van der Waals surface area contributed by atoms with Crippen LogP contribution in [-0.2, 0) is 4.79 Å². The molecule has 0 spiro atoms. The number of aryl methyl sites for hydroxylation is 1. The molecule has 0 aliphatic rings. The fourth-order valence-corrected chi connectivity index (χ4v) is 3.47. The van der Waals surface area contributed by atoms with Crippen molar-refractivity contribution < 1.29 is 9.53 Å². The molecule has 0 aliphatic heterocycles. The molecule has 1 N–H and O–H groups in total. The van der Waals surface area contributed by atoms with Crippen molar-refractivity contribution in [2.75, 3.05) is 0 Å². The maximum absolute atomic E-state index is 13.1. The van der Waals surface area contributed by atoms with Gasteiger partial charge >= 0.3 is 0 Å². The number of nitrogens with one attached hydrogen (secondary N) is 1. The van der Waals surface area contributed by atoms with Crippen molar-refractivity contribution >= 4 is 5.91 Å². The smallest absolute Gasteiger partial charge is 0.261 e. The summed E-state index contributed by atoms with van der Waals surface area (Å²) < 4.78 is 6.06. The Balaban J connectivity index is 1.83. The monoisotopic (exact) mass is 387 g/mol. The van der Waals surface area contributed by atoms with Gasteiger partial charge in [-0.05, 0) is 48.1 Å². The van der Waals surface area contributed by atoms with Gasteiger partial charge in [0.1, 0.15) is 5.75 Å². The standard InChI is InChI=1S/C26H29NO2/c1-18(2)22-15-10-11-17-24(22)29-20(4)26(28)27-25(21-13-6-5-7-14-21)23-16-9-8-12-19(23)3/h5-18,20,25H,1-4H3,(H,27,28)/t20-,25-/m0/s1. The van der Waals surface area contributed by atoms with Crippen molar-refractivity contribution in [3.8, 4) is 5.75 Å². The van der Waals surface area contributed by atoms with E-state index in [0.717, 1.165) is 28.0 Å². The topological polar surface area (TPSA) is 38.3 Å². The Labute approximate surface area is 173 Å². The number of hydrogen-bond acceptors (Lipinski definition) is 2. The number of para-hydroxylation sites is 1. The van der Waals surface area contributed by atoms with Gasteiger partial charge in [-0.2, -0.15) is 0 Å². The number of carbonyl (C=O) groups excluding carboxylic acids is 1. The van der Waals surface area contributed by atoms with Gasteiger partial charge in [0.05, 0.1) is 6.04 Å². The summed E-state index contributed by atoms with van der Waals surface area (Å²) in [6.07, 6.45) is -0.606. The average Bonchev–Trinajstić information content (AvgIpc) is 2.73. The third kappa shape index (κ3) is 5.05. The first-order valence-electron chi connectivity index (χ1n) is 10.1. The minimum absolute atomic E-state index is 0.138. The summed E-state index contributed by atoms with van der Waals surface area (Å²) in [5.41, 5.74) is 4.37. The van der Waals surface area contributed by atoms with Gasteiger partial charge in [0.15, 0.2) is 6.10 Å². The molecule has 0 aromatic heterocycles. The van der Waals surface area contributed by atoms with E-state index in [0.29, 0.717) is 5.92 Å². The van der Waals surface area contributed by atoms with E-state index < -0.39 is 6.10 Å². The molecule has 29 heavy (non-hydrogen) atoms. The van der Waals surface area contributed by atoms with E-state index in [4.69, 9.17) is 4.74 Å². The Kier molecular flexibility index (Phi) is 6.71. The fraction of sp³-hybridized carbons (Fsp3) is 0.269. The first kappa shape index (κ1) is 20.7. The summed E-state index contributed by atoms with van der Waals surface area (Å²) >= 11 is 0. The molecule has 0 saturated heterocycles. The van der Waals surface area contributed by atoms with E-state index in [1.165, 1.54) is 0 Å². The van der Waals surface area contributed by atoms with Crippen LogP contribution in [0.1, 0.15) is 55.0 Å². The Morgan fingerprint density at radius 2 is 1.38 bits per heavy atom. The predicted octanol–water partition coefficient (Wildman–Crippen LogP) is 5.79. The summed E-state index contributed by atoms with van der Waals surface area (Å²) in [4.78, 5) is 13.1. The van der Waals surface area contributed by atoms with E-state index in [-0.39, 0.29) is 11.9 Å². The van der Waals surface area contributed by atoms with E-state index >= 15 is 0 Å². The molecule has 0 fully saturated rings. The summed E-state index contributed by atoms with van der Waals surface area (Å²) in [5.74, 6) is 0.948. The highest BCUT2D eigenvalue weighted by molar-refractivity contribution is 5.81. The predicted molar refractivity (Wildman–Crippen MR) is 118 cm³/mol. The lowest BCUT2D eigenvalue weighted by Crippen LogP contribution is -2.39. The zero-order valence-corrected chi connectivity index (χ0v) is 17.6. The van der Waals surface area contributed by atoms with Crippen LogP contribution < -0.4 is 10.1 Å². The van der Waals surface area contributed by atoms with E-state index in [1.54, 1.807) is 6.92 Å². The SMILES string of the molecule is Cc1ccccc1[C@@H](NC(=O)[C@H](C)Oc1ccccc1C(C)C)c1ccccc1. The van der Waals surface area contributed by atoms with Crippen LogP contribution in [0.3, 0.4) is 0 Å². The molecule has 2 atom stereocenters. The second-order valence-corrected chi connectivity index (χ2v) is 7.66. The van der Waals surface area contributed by atoms with Gasteiger partial charge in [-0.15, -0.1) is 0 Å².